The summed E-state index contributed by atoms with van der Waals surface area (Å²) < 4.78 is 8.04. The summed E-state index contributed by atoms with van der Waals surface area (Å²) in [6, 6.07) is 16.0. The first kappa shape index (κ1) is 14.9. The smallest absolute Gasteiger partial charge is 0.248 e. The van der Waals surface area contributed by atoms with Crippen molar-refractivity contribution in [1.82, 2.24) is 20.2 Å². The Balaban J connectivity index is 1.77. The Morgan fingerprint density at radius 1 is 1.08 bits per heavy atom. The first-order valence-corrected chi connectivity index (χ1v) is 8.20. The highest BCUT2D eigenvalue weighted by atomic mass is 79.9. The number of hydrogen-bond acceptors (Lipinski definition) is 5. The molecule has 6 nitrogen and oxygen atoms in total. The number of halogens is 1. The van der Waals surface area contributed by atoms with Crippen molar-refractivity contribution in [3.05, 3.63) is 70.2 Å². The minimum atomic E-state index is -0.0826. The fraction of sp³-hybridized carbons (Fsp3) is 0.118. The molecule has 1 aliphatic heterocycles. The van der Waals surface area contributed by atoms with Gasteiger partial charge in [0.1, 0.15) is 11.8 Å². The second kappa shape index (κ2) is 6.09. The van der Waals surface area contributed by atoms with E-state index in [1.165, 1.54) is 0 Å². The lowest BCUT2D eigenvalue weighted by molar-refractivity contribution is 0.414. The predicted octanol–water partition coefficient (Wildman–Crippen LogP) is 3.50. The summed E-state index contributed by atoms with van der Waals surface area (Å²) in [6.45, 7) is 0. The van der Waals surface area contributed by atoms with Crippen molar-refractivity contribution in [3.63, 3.8) is 0 Å². The minimum Gasteiger partial charge on any atom is -0.497 e. The summed E-state index contributed by atoms with van der Waals surface area (Å²) in [4.78, 5) is 0. The number of rotatable bonds is 3. The summed E-state index contributed by atoms with van der Waals surface area (Å²) in [7, 11) is 1.66. The normalized spacial score (nSPS) is 16.1. The fourth-order valence-corrected chi connectivity index (χ4v) is 2.95. The Labute approximate surface area is 147 Å². The maximum atomic E-state index is 5.23. The van der Waals surface area contributed by atoms with Crippen molar-refractivity contribution < 1.29 is 4.74 Å². The van der Waals surface area contributed by atoms with Gasteiger partial charge in [0, 0.05) is 10.2 Å². The van der Waals surface area contributed by atoms with Gasteiger partial charge >= 0.3 is 0 Å². The molecule has 1 N–H and O–H groups in total. The topological polar surface area (TPSA) is 64.9 Å². The number of nitrogens with zero attached hydrogens (tertiary/aromatic N) is 4. The van der Waals surface area contributed by atoms with Gasteiger partial charge in [-0.05, 0) is 51.9 Å². The molecule has 2 aromatic carbocycles. The molecule has 120 valence electrons. The molecule has 3 aromatic rings. The molecule has 7 heteroatoms. The second-order valence-corrected chi connectivity index (χ2v) is 6.29. The lowest BCUT2D eigenvalue weighted by atomic mass is 10.0. The van der Waals surface area contributed by atoms with Gasteiger partial charge in [-0.1, -0.05) is 45.3 Å². The fourth-order valence-electron chi connectivity index (χ4n) is 2.69. The molecule has 0 bridgehead atoms. The van der Waals surface area contributed by atoms with E-state index in [0.29, 0.717) is 5.95 Å². The molecule has 0 saturated heterocycles. The lowest BCUT2D eigenvalue weighted by Crippen LogP contribution is -2.20. The number of allylic oxidation sites excluding steroid dienone is 1. The van der Waals surface area contributed by atoms with E-state index in [1.54, 1.807) is 11.8 Å². The summed E-state index contributed by atoms with van der Waals surface area (Å²) in [6.07, 6.45) is 2.12. The molecule has 4 rings (SSSR count). The van der Waals surface area contributed by atoms with Gasteiger partial charge in [0.05, 0.1) is 7.11 Å². The highest BCUT2D eigenvalue weighted by Crippen LogP contribution is 2.32. The molecule has 24 heavy (non-hydrogen) atoms. The zero-order valence-corrected chi connectivity index (χ0v) is 14.4. The van der Waals surface area contributed by atoms with Gasteiger partial charge in [-0.15, -0.1) is 0 Å². The van der Waals surface area contributed by atoms with Crippen LogP contribution in [0.25, 0.3) is 5.70 Å². The van der Waals surface area contributed by atoms with Crippen LogP contribution >= 0.6 is 15.9 Å². The third kappa shape index (κ3) is 2.67. The molecule has 1 unspecified atom stereocenters. The van der Waals surface area contributed by atoms with Gasteiger partial charge in [-0.25, -0.2) is 0 Å². The van der Waals surface area contributed by atoms with E-state index >= 15 is 0 Å². The van der Waals surface area contributed by atoms with Gasteiger partial charge in [-0.2, -0.15) is 4.68 Å². The molecular weight excluding hydrogens is 370 g/mol. The van der Waals surface area contributed by atoms with E-state index in [2.05, 4.69) is 42.8 Å². The van der Waals surface area contributed by atoms with Crippen LogP contribution in [0.1, 0.15) is 17.2 Å². The van der Waals surface area contributed by atoms with Gasteiger partial charge < -0.3 is 10.1 Å². The quantitative estimate of drug-likeness (QED) is 0.749. The average molecular weight is 384 g/mol. The van der Waals surface area contributed by atoms with Crippen LogP contribution in [0, 0.1) is 0 Å². The zero-order chi connectivity index (χ0) is 16.5. The number of nitrogens with one attached hydrogen (secondary N) is 1. The summed E-state index contributed by atoms with van der Waals surface area (Å²) in [5.41, 5.74) is 3.14. The van der Waals surface area contributed by atoms with Crippen molar-refractivity contribution in [3.8, 4) is 5.75 Å². The Morgan fingerprint density at radius 2 is 1.83 bits per heavy atom. The van der Waals surface area contributed by atoms with Crippen LogP contribution in [-0.4, -0.2) is 27.3 Å². The van der Waals surface area contributed by atoms with Crippen molar-refractivity contribution in [2.45, 2.75) is 6.04 Å². The predicted molar refractivity (Wildman–Crippen MR) is 94.7 cm³/mol. The zero-order valence-electron chi connectivity index (χ0n) is 12.8. The van der Waals surface area contributed by atoms with Crippen LogP contribution in [-0.2, 0) is 0 Å². The summed E-state index contributed by atoms with van der Waals surface area (Å²) in [5, 5.41) is 15.3. The Hall–Kier alpha value is -2.67. The van der Waals surface area contributed by atoms with E-state index in [1.807, 2.05) is 48.5 Å². The standard InChI is InChI=1S/C17H14BrN5O/c1-24-14-8-4-12(5-9-14)16-10-15(11-2-6-13(18)7-3-11)19-17-20-21-22-23(16)17/h2-10,16H,1H3,(H,19,20,22). The van der Waals surface area contributed by atoms with Crippen LogP contribution in [0.4, 0.5) is 5.95 Å². The maximum absolute atomic E-state index is 5.23. The Morgan fingerprint density at radius 3 is 2.54 bits per heavy atom. The van der Waals surface area contributed by atoms with Crippen LogP contribution in [0.15, 0.2) is 59.1 Å². The van der Waals surface area contributed by atoms with Crippen molar-refractivity contribution in [1.29, 1.82) is 0 Å². The van der Waals surface area contributed by atoms with Crippen molar-refractivity contribution in [2.24, 2.45) is 0 Å². The molecule has 1 aliphatic rings. The van der Waals surface area contributed by atoms with E-state index in [9.17, 15) is 0 Å². The first-order chi connectivity index (χ1) is 11.7. The van der Waals surface area contributed by atoms with Crippen molar-refractivity contribution in [2.75, 3.05) is 12.4 Å². The number of methoxy groups -OCH3 is 1. The highest BCUT2D eigenvalue weighted by molar-refractivity contribution is 9.10. The number of fused-ring (bicyclic) bond motifs is 1. The molecular formula is C17H14BrN5O. The number of benzene rings is 2. The molecule has 2 heterocycles. The van der Waals surface area contributed by atoms with Crippen LogP contribution in [0.5, 0.6) is 5.75 Å². The van der Waals surface area contributed by atoms with E-state index in [0.717, 1.165) is 27.0 Å². The second-order valence-electron chi connectivity index (χ2n) is 5.38. The molecule has 1 aromatic heterocycles. The largest absolute Gasteiger partial charge is 0.497 e. The first-order valence-electron chi connectivity index (χ1n) is 7.41. The number of anilines is 1. The maximum Gasteiger partial charge on any atom is 0.248 e. The van der Waals surface area contributed by atoms with Gasteiger partial charge in [0.15, 0.2) is 0 Å². The van der Waals surface area contributed by atoms with Crippen LogP contribution < -0.4 is 10.1 Å². The number of ether oxygens (including phenoxy) is 1. The minimum absolute atomic E-state index is 0.0826. The van der Waals surface area contributed by atoms with Crippen molar-refractivity contribution >= 4 is 27.6 Å². The average Bonchev–Trinajstić information content (AvgIpc) is 3.10. The molecule has 0 saturated carbocycles. The van der Waals surface area contributed by atoms with Gasteiger partial charge in [-0.3, -0.25) is 0 Å². The van der Waals surface area contributed by atoms with Gasteiger partial charge in [0.25, 0.3) is 0 Å². The number of tetrazole rings is 1. The van der Waals surface area contributed by atoms with Gasteiger partial charge in [0.2, 0.25) is 5.95 Å². The van der Waals surface area contributed by atoms with Crippen LogP contribution in [0.3, 0.4) is 0 Å². The molecule has 0 aliphatic carbocycles. The molecule has 1 atom stereocenters. The SMILES string of the molecule is COc1ccc(C2C=C(c3ccc(Br)cc3)Nc3nnnn32)cc1. The summed E-state index contributed by atoms with van der Waals surface area (Å²) >= 11 is 3.46. The lowest BCUT2D eigenvalue weighted by Gasteiger charge is -2.23. The van der Waals surface area contributed by atoms with E-state index in [4.69, 9.17) is 4.74 Å². The highest BCUT2D eigenvalue weighted by Gasteiger charge is 2.24. The third-order valence-corrected chi connectivity index (χ3v) is 4.47. The molecule has 0 radical (unpaired) electrons. The molecule has 0 fully saturated rings. The molecule has 0 amide bonds. The van der Waals surface area contributed by atoms with E-state index < -0.39 is 0 Å². The molecule has 0 spiro atoms. The number of hydrogen-bond donors (Lipinski definition) is 1. The monoisotopic (exact) mass is 383 g/mol. The van der Waals surface area contributed by atoms with Crippen LogP contribution in [0.2, 0.25) is 0 Å². The Kier molecular flexibility index (Phi) is 3.78. The third-order valence-electron chi connectivity index (χ3n) is 3.94. The van der Waals surface area contributed by atoms with E-state index in [-0.39, 0.29) is 6.04 Å². The Bertz CT molecular complexity index is 886. The summed E-state index contributed by atoms with van der Waals surface area (Å²) in [5.74, 6) is 1.44. The number of aromatic nitrogens is 4.